The lowest BCUT2D eigenvalue weighted by Gasteiger charge is -2.40. The minimum atomic E-state index is -1.10. The van der Waals surface area contributed by atoms with E-state index in [0.29, 0.717) is 21.2 Å². The maximum atomic E-state index is 10.6. The lowest BCUT2D eigenvalue weighted by atomic mass is 10.0. The van der Waals surface area contributed by atoms with Gasteiger partial charge in [-0.05, 0) is 12.1 Å². The Labute approximate surface area is 172 Å². The van der Waals surface area contributed by atoms with Crippen molar-refractivity contribution in [3.8, 4) is 0 Å². The number of halogens is 2. The summed E-state index contributed by atoms with van der Waals surface area (Å²) in [6.45, 7) is -0.0931. The van der Waals surface area contributed by atoms with Crippen LogP contribution in [0, 0.1) is 0 Å². The molecular weight excluding hydrogens is 407 g/mol. The van der Waals surface area contributed by atoms with Gasteiger partial charge in [-0.1, -0.05) is 59.6 Å². The molecule has 2 aromatic carbocycles. The predicted octanol–water partition coefficient (Wildman–Crippen LogP) is 3.24. The van der Waals surface area contributed by atoms with Gasteiger partial charge in [-0.15, -0.1) is 0 Å². The Morgan fingerprint density at radius 3 is 1.96 bits per heavy atom. The number of ether oxygens (including phenoxy) is 4. The molecule has 2 bridgehead atoms. The quantitative estimate of drug-likeness (QED) is 0.767. The SMILES string of the molecule is O[C@H]1[C@@H]2OC(c3ccccc3Cl)O[C@H]1COC(c1ccccc1Cl)OC[C@H]2O. The van der Waals surface area contributed by atoms with Gasteiger partial charge in [-0.3, -0.25) is 0 Å². The summed E-state index contributed by atoms with van der Waals surface area (Å²) in [4.78, 5) is 0. The van der Waals surface area contributed by atoms with Crippen molar-refractivity contribution in [3.63, 3.8) is 0 Å². The van der Waals surface area contributed by atoms with Gasteiger partial charge in [0.2, 0.25) is 0 Å². The molecular formula is C20H20Cl2O6. The maximum Gasteiger partial charge on any atom is 0.186 e. The number of fused-ring (bicyclic) bond motifs is 2. The second-order valence-corrected chi connectivity index (χ2v) is 7.52. The summed E-state index contributed by atoms with van der Waals surface area (Å²) in [5.74, 6) is 0. The molecule has 0 radical (unpaired) electrons. The van der Waals surface area contributed by atoms with Gasteiger partial charge in [-0.2, -0.15) is 0 Å². The summed E-state index contributed by atoms with van der Waals surface area (Å²) in [6.07, 6.45) is -5.52. The predicted molar refractivity (Wildman–Crippen MR) is 102 cm³/mol. The van der Waals surface area contributed by atoms with E-state index in [-0.39, 0.29) is 13.2 Å². The third kappa shape index (κ3) is 4.06. The molecule has 2 aliphatic heterocycles. The molecule has 6 nitrogen and oxygen atoms in total. The molecule has 2 heterocycles. The molecule has 0 saturated carbocycles. The molecule has 0 spiro atoms. The summed E-state index contributed by atoms with van der Waals surface area (Å²) >= 11 is 12.5. The highest BCUT2D eigenvalue weighted by Gasteiger charge is 2.44. The molecule has 2 aromatic rings. The van der Waals surface area contributed by atoms with Gasteiger partial charge in [-0.25, -0.2) is 0 Å². The minimum Gasteiger partial charge on any atom is -0.388 e. The van der Waals surface area contributed by atoms with Crippen LogP contribution in [0.15, 0.2) is 48.5 Å². The van der Waals surface area contributed by atoms with E-state index in [4.69, 9.17) is 42.1 Å². The van der Waals surface area contributed by atoms with Gasteiger partial charge >= 0.3 is 0 Å². The largest absolute Gasteiger partial charge is 0.388 e. The molecule has 8 heteroatoms. The van der Waals surface area contributed by atoms with Crippen LogP contribution in [-0.2, 0) is 18.9 Å². The number of rotatable bonds is 2. The van der Waals surface area contributed by atoms with Crippen LogP contribution in [0.25, 0.3) is 0 Å². The fourth-order valence-corrected chi connectivity index (χ4v) is 3.78. The number of aliphatic hydroxyl groups excluding tert-OH is 2. The Bertz CT molecular complexity index is 819. The summed E-state index contributed by atoms with van der Waals surface area (Å²) in [7, 11) is 0. The van der Waals surface area contributed by atoms with Crippen LogP contribution in [0.5, 0.6) is 0 Å². The van der Waals surface area contributed by atoms with E-state index in [2.05, 4.69) is 0 Å². The van der Waals surface area contributed by atoms with Crippen LogP contribution >= 0.6 is 23.2 Å². The van der Waals surface area contributed by atoms with E-state index < -0.39 is 37.0 Å². The molecule has 0 amide bonds. The molecule has 0 aromatic heterocycles. The summed E-state index contributed by atoms with van der Waals surface area (Å²) in [6, 6.07) is 14.2. The molecule has 2 aliphatic rings. The van der Waals surface area contributed by atoms with E-state index in [1.54, 1.807) is 36.4 Å². The molecule has 2 saturated heterocycles. The van der Waals surface area contributed by atoms with Crippen molar-refractivity contribution in [2.24, 2.45) is 0 Å². The average molecular weight is 427 g/mol. The standard InChI is InChI=1S/C20H20Cl2O6/c21-13-7-3-1-5-11(13)19-25-9-15(23)18-17(24)16(10-26-19)27-20(28-18)12-6-2-4-8-14(12)22/h1-8,15-20,23-24H,9-10H2/t15-,16+,17-,18-,19?,20?/m1/s1. The Morgan fingerprint density at radius 1 is 0.750 bits per heavy atom. The van der Waals surface area contributed by atoms with E-state index >= 15 is 0 Å². The molecule has 2 N–H and O–H groups in total. The minimum absolute atomic E-state index is 0.0184. The summed E-state index contributed by atoms with van der Waals surface area (Å²) in [5, 5.41) is 22.2. The van der Waals surface area contributed by atoms with E-state index in [9.17, 15) is 10.2 Å². The lowest BCUT2D eigenvalue weighted by Crippen LogP contribution is -2.54. The van der Waals surface area contributed by atoms with Crippen molar-refractivity contribution in [3.05, 3.63) is 69.7 Å². The van der Waals surface area contributed by atoms with Crippen LogP contribution in [0.4, 0.5) is 0 Å². The first-order chi connectivity index (χ1) is 13.5. The fraction of sp³-hybridized carbons (Fsp3) is 0.400. The summed E-state index contributed by atoms with van der Waals surface area (Å²) < 4.78 is 23.3. The Morgan fingerprint density at radius 2 is 1.32 bits per heavy atom. The average Bonchev–Trinajstić information content (AvgIpc) is 2.72. The Balaban J connectivity index is 1.60. The van der Waals surface area contributed by atoms with Crippen LogP contribution in [0.1, 0.15) is 23.7 Å². The number of benzene rings is 2. The van der Waals surface area contributed by atoms with Gasteiger partial charge in [0, 0.05) is 21.2 Å². The van der Waals surface area contributed by atoms with Gasteiger partial charge in [0.25, 0.3) is 0 Å². The fourth-order valence-electron chi connectivity index (χ4n) is 3.33. The number of aliphatic hydroxyl groups is 2. The van der Waals surface area contributed by atoms with Crippen LogP contribution in [0.2, 0.25) is 10.0 Å². The van der Waals surface area contributed by atoms with Crippen LogP contribution < -0.4 is 0 Å². The Hall–Kier alpha value is -1.22. The second kappa shape index (κ2) is 8.65. The number of hydrogen-bond donors (Lipinski definition) is 2. The molecule has 4 rings (SSSR count). The van der Waals surface area contributed by atoms with Crippen molar-refractivity contribution < 1.29 is 29.2 Å². The maximum absolute atomic E-state index is 10.6. The highest BCUT2D eigenvalue weighted by Crippen LogP contribution is 2.37. The monoisotopic (exact) mass is 426 g/mol. The van der Waals surface area contributed by atoms with Gasteiger partial charge in [0.1, 0.15) is 24.4 Å². The summed E-state index contributed by atoms with van der Waals surface area (Å²) in [5.41, 5.74) is 1.24. The van der Waals surface area contributed by atoms with Crippen LogP contribution in [-0.4, -0.2) is 47.8 Å². The van der Waals surface area contributed by atoms with Crippen molar-refractivity contribution in [2.45, 2.75) is 37.0 Å². The third-order valence-electron chi connectivity index (χ3n) is 4.82. The zero-order valence-electron chi connectivity index (χ0n) is 14.8. The molecule has 6 atom stereocenters. The molecule has 2 fully saturated rings. The van der Waals surface area contributed by atoms with Crippen molar-refractivity contribution in [1.82, 2.24) is 0 Å². The highest BCUT2D eigenvalue weighted by atomic mass is 35.5. The third-order valence-corrected chi connectivity index (χ3v) is 5.51. The first kappa shape index (κ1) is 20.1. The zero-order valence-corrected chi connectivity index (χ0v) is 16.3. The number of hydrogen-bond acceptors (Lipinski definition) is 6. The molecule has 150 valence electrons. The molecule has 28 heavy (non-hydrogen) atoms. The molecule has 0 aliphatic carbocycles. The Kier molecular flexibility index (Phi) is 6.20. The van der Waals surface area contributed by atoms with Gasteiger partial charge < -0.3 is 29.2 Å². The normalized spacial score (nSPS) is 33.6. The van der Waals surface area contributed by atoms with E-state index in [1.165, 1.54) is 0 Å². The van der Waals surface area contributed by atoms with E-state index in [1.807, 2.05) is 12.1 Å². The van der Waals surface area contributed by atoms with Crippen molar-refractivity contribution in [1.29, 1.82) is 0 Å². The first-order valence-corrected chi connectivity index (χ1v) is 9.69. The smallest absolute Gasteiger partial charge is 0.186 e. The molecule has 2 unspecified atom stereocenters. The van der Waals surface area contributed by atoms with Gasteiger partial charge in [0.15, 0.2) is 12.6 Å². The van der Waals surface area contributed by atoms with E-state index in [0.717, 1.165) is 0 Å². The van der Waals surface area contributed by atoms with Crippen molar-refractivity contribution >= 4 is 23.2 Å². The first-order valence-electron chi connectivity index (χ1n) is 8.93. The van der Waals surface area contributed by atoms with Crippen LogP contribution in [0.3, 0.4) is 0 Å². The van der Waals surface area contributed by atoms with Gasteiger partial charge in [0.05, 0.1) is 13.2 Å². The van der Waals surface area contributed by atoms with Crippen molar-refractivity contribution in [2.75, 3.05) is 13.2 Å². The topological polar surface area (TPSA) is 77.4 Å². The zero-order chi connectivity index (χ0) is 19.7. The lowest BCUT2D eigenvalue weighted by molar-refractivity contribution is -0.308. The highest BCUT2D eigenvalue weighted by molar-refractivity contribution is 6.31. The second-order valence-electron chi connectivity index (χ2n) is 6.71.